The molecule has 1 atom stereocenters. The molecule has 0 fully saturated rings. The number of non-ortho nitro benzene ring substituents is 1. The van der Waals surface area contributed by atoms with Crippen molar-refractivity contribution in [1.82, 2.24) is 5.32 Å². The zero-order valence-corrected chi connectivity index (χ0v) is 15.4. The van der Waals surface area contributed by atoms with Gasteiger partial charge in [0.1, 0.15) is 5.75 Å². The fourth-order valence-corrected chi connectivity index (χ4v) is 2.70. The maximum absolute atomic E-state index is 12.8. The summed E-state index contributed by atoms with van der Waals surface area (Å²) in [6.45, 7) is 1.97. The summed E-state index contributed by atoms with van der Waals surface area (Å²) in [6.07, 6.45) is 0.685. The van der Waals surface area contributed by atoms with Crippen LogP contribution in [0.1, 0.15) is 35.3 Å². The number of anilines is 1. The Kier molecular flexibility index (Phi) is 6.16. The highest BCUT2D eigenvalue weighted by Crippen LogP contribution is 2.26. The highest BCUT2D eigenvalue weighted by Gasteiger charge is 2.20. The number of hydrogen-bond donors (Lipinski definition) is 1. The molecule has 0 saturated heterocycles. The number of ether oxygens (including phenoxy) is 1. The number of nitrogens with one attached hydrogen (secondary N) is 1. The molecule has 1 N–H and O–H groups in total. The van der Waals surface area contributed by atoms with E-state index in [9.17, 15) is 14.9 Å². The molecule has 0 saturated carbocycles. The summed E-state index contributed by atoms with van der Waals surface area (Å²) in [6, 6.07) is 11.6. The molecule has 26 heavy (non-hydrogen) atoms. The Balaban J connectivity index is 2.31. The standard InChI is InChI=1S/C19H23N3O4/c1-5-17(13-6-9-15(26-4)10-7-13)20-19(23)16-12-14(22(24)25)8-11-18(16)21(2)3/h6-12,17H,5H2,1-4H3,(H,20,23). The lowest BCUT2D eigenvalue weighted by atomic mass is 10.0. The smallest absolute Gasteiger partial charge is 0.270 e. The van der Waals surface area contributed by atoms with E-state index in [2.05, 4.69) is 5.32 Å². The Morgan fingerprint density at radius 2 is 1.88 bits per heavy atom. The second-order valence-corrected chi connectivity index (χ2v) is 6.06. The van der Waals surface area contributed by atoms with Crippen molar-refractivity contribution in [3.05, 3.63) is 63.7 Å². The molecule has 1 amide bonds. The Hall–Kier alpha value is -3.09. The molecule has 0 spiro atoms. The van der Waals surface area contributed by atoms with Crippen LogP contribution in [0.4, 0.5) is 11.4 Å². The van der Waals surface area contributed by atoms with Crippen molar-refractivity contribution < 1.29 is 14.5 Å². The molecule has 2 aromatic rings. The maximum atomic E-state index is 12.8. The van der Waals surface area contributed by atoms with Crippen LogP contribution in [0.2, 0.25) is 0 Å². The summed E-state index contributed by atoms with van der Waals surface area (Å²) in [5.41, 5.74) is 1.73. The zero-order valence-electron chi connectivity index (χ0n) is 15.4. The second-order valence-electron chi connectivity index (χ2n) is 6.06. The Morgan fingerprint density at radius 1 is 1.23 bits per heavy atom. The van der Waals surface area contributed by atoms with Crippen molar-refractivity contribution in [3.63, 3.8) is 0 Å². The van der Waals surface area contributed by atoms with Crippen molar-refractivity contribution in [3.8, 4) is 5.75 Å². The molecule has 0 radical (unpaired) electrons. The van der Waals surface area contributed by atoms with Gasteiger partial charge < -0.3 is 15.0 Å². The van der Waals surface area contributed by atoms with Gasteiger partial charge in [0.2, 0.25) is 0 Å². The third-order valence-corrected chi connectivity index (χ3v) is 4.15. The molecule has 138 valence electrons. The monoisotopic (exact) mass is 357 g/mol. The number of nitro groups is 1. The molecule has 0 aliphatic rings. The van der Waals surface area contributed by atoms with Crippen LogP contribution < -0.4 is 15.0 Å². The Labute approximate surface area is 152 Å². The third kappa shape index (κ3) is 4.30. The number of nitrogens with zero attached hydrogens (tertiary/aromatic N) is 2. The number of methoxy groups -OCH3 is 1. The number of nitro benzene ring substituents is 1. The number of carbonyl (C=O) groups is 1. The Morgan fingerprint density at radius 3 is 2.38 bits per heavy atom. The molecule has 0 bridgehead atoms. The summed E-state index contributed by atoms with van der Waals surface area (Å²) in [5, 5.41) is 14.0. The SMILES string of the molecule is CCC(NC(=O)c1cc([N+](=O)[O-])ccc1N(C)C)c1ccc(OC)cc1. The van der Waals surface area contributed by atoms with Crippen molar-refractivity contribution in [2.45, 2.75) is 19.4 Å². The molecule has 1 unspecified atom stereocenters. The molecule has 7 heteroatoms. The minimum Gasteiger partial charge on any atom is -0.497 e. The lowest BCUT2D eigenvalue weighted by Crippen LogP contribution is -2.29. The van der Waals surface area contributed by atoms with Gasteiger partial charge in [0.25, 0.3) is 11.6 Å². The first kappa shape index (κ1) is 19.2. The predicted octanol–water partition coefficient (Wildman–Crippen LogP) is 3.55. The summed E-state index contributed by atoms with van der Waals surface area (Å²) in [5.74, 6) is 0.392. The van der Waals surface area contributed by atoms with Gasteiger partial charge in [-0.2, -0.15) is 0 Å². The molecule has 2 aromatic carbocycles. The van der Waals surface area contributed by atoms with Gasteiger partial charge in [-0.25, -0.2) is 0 Å². The number of amides is 1. The molecular weight excluding hydrogens is 334 g/mol. The number of benzene rings is 2. The fraction of sp³-hybridized carbons (Fsp3) is 0.316. The van der Waals surface area contributed by atoms with E-state index in [1.807, 2.05) is 31.2 Å². The van der Waals surface area contributed by atoms with Crippen molar-refractivity contribution in [2.24, 2.45) is 0 Å². The minimum atomic E-state index is -0.503. The van der Waals surface area contributed by atoms with Crippen LogP contribution in [-0.2, 0) is 0 Å². The van der Waals surface area contributed by atoms with Gasteiger partial charge in [-0.1, -0.05) is 19.1 Å². The van der Waals surface area contributed by atoms with Crippen LogP contribution in [0.25, 0.3) is 0 Å². The van der Waals surface area contributed by atoms with Gasteiger partial charge in [0.05, 0.1) is 23.6 Å². The number of rotatable bonds is 7. The normalized spacial score (nSPS) is 11.5. The van der Waals surface area contributed by atoms with E-state index in [1.165, 1.54) is 12.1 Å². The molecule has 0 aliphatic carbocycles. The first-order valence-electron chi connectivity index (χ1n) is 8.28. The van der Waals surface area contributed by atoms with Crippen LogP contribution in [0, 0.1) is 10.1 Å². The van der Waals surface area contributed by atoms with Gasteiger partial charge in [0, 0.05) is 31.9 Å². The predicted molar refractivity (Wildman–Crippen MR) is 101 cm³/mol. The minimum absolute atomic E-state index is 0.113. The fourth-order valence-electron chi connectivity index (χ4n) is 2.70. The van der Waals surface area contributed by atoms with Gasteiger partial charge in [-0.05, 0) is 30.2 Å². The first-order valence-corrected chi connectivity index (χ1v) is 8.28. The molecule has 7 nitrogen and oxygen atoms in total. The van der Waals surface area contributed by atoms with Gasteiger partial charge in [-0.3, -0.25) is 14.9 Å². The van der Waals surface area contributed by atoms with Crippen LogP contribution in [-0.4, -0.2) is 32.0 Å². The zero-order chi connectivity index (χ0) is 19.3. The lowest BCUT2D eigenvalue weighted by Gasteiger charge is -2.21. The van der Waals surface area contributed by atoms with Crippen molar-refractivity contribution >= 4 is 17.3 Å². The molecule has 2 rings (SSSR count). The van der Waals surface area contributed by atoms with Crippen LogP contribution in [0.5, 0.6) is 5.75 Å². The van der Waals surface area contributed by atoms with Gasteiger partial charge in [-0.15, -0.1) is 0 Å². The maximum Gasteiger partial charge on any atom is 0.270 e. The van der Waals surface area contributed by atoms with Crippen molar-refractivity contribution in [2.75, 3.05) is 26.1 Å². The van der Waals surface area contributed by atoms with E-state index in [0.717, 1.165) is 11.3 Å². The van der Waals surface area contributed by atoms with Crippen LogP contribution in [0.15, 0.2) is 42.5 Å². The quantitative estimate of drug-likeness (QED) is 0.605. The molecule has 0 heterocycles. The van der Waals surface area contributed by atoms with E-state index in [0.29, 0.717) is 12.1 Å². The molecule has 0 aromatic heterocycles. The Bertz CT molecular complexity index is 788. The van der Waals surface area contributed by atoms with E-state index in [-0.39, 0.29) is 23.2 Å². The van der Waals surface area contributed by atoms with Crippen molar-refractivity contribution in [1.29, 1.82) is 0 Å². The summed E-state index contributed by atoms with van der Waals surface area (Å²) < 4.78 is 5.15. The highest BCUT2D eigenvalue weighted by molar-refractivity contribution is 6.00. The topological polar surface area (TPSA) is 84.7 Å². The first-order chi connectivity index (χ1) is 12.4. The number of hydrogen-bond acceptors (Lipinski definition) is 5. The average molecular weight is 357 g/mol. The van der Waals surface area contributed by atoms with Crippen LogP contribution in [0.3, 0.4) is 0 Å². The summed E-state index contributed by atoms with van der Waals surface area (Å²) in [7, 11) is 5.18. The third-order valence-electron chi connectivity index (χ3n) is 4.15. The van der Waals surface area contributed by atoms with Crippen LogP contribution >= 0.6 is 0 Å². The molecular formula is C19H23N3O4. The average Bonchev–Trinajstić information content (AvgIpc) is 2.65. The lowest BCUT2D eigenvalue weighted by molar-refractivity contribution is -0.384. The van der Waals surface area contributed by atoms with E-state index in [1.54, 1.807) is 32.2 Å². The number of carbonyl (C=O) groups excluding carboxylic acids is 1. The summed E-state index contributed by atoms with van der Waals surface area (Å²) in [4.78, 5) is 25.1. The van der Waals surface area contributed by atoms with E-state index >= 15 is 0 Å². The largest absolute Gasteiger partial charge is 0.497 e. The molecule has 0 aliphatic heterocycles. The van der Waals surface area contributed by atoms with Gasteiger partial charge in [0.15, 0.2) is 0 Å². The second kappa shape index (κ2) is 8.33. The van der Waals surface area contributed by atoms with Gasteiger partial charge >= 0.3 is 0 Å². The van der Waals surface area contributed by atoms with E-state index in [4.69, 9.17) is 4.74 Å². The highest BCUT2D eigenvalue weighted by atomic mass is 16.6. The summed E-state index contributed by atoms with van der Waals surface area (Å²) >= 11 is 0. The van der Waals surface area contributed by atoms with E-state index < -0.39 is 4.92 Å².